The molecule has 0 aliphatic carbocycles. The number of anilines is 2. The highest BCUT2D eigenvalue weighted by Crippen LogP contribution is 2.24. The molecule has 0 amide bonds. The topological polar surface area (TPSA) is 60.8 Å². The Balaban J connectivity index is 1.83. The molecule has 3 aromatic rings. The first kappa shape index (κ1) is 14.4. The van der Waals surface area contributed by atoms with Crippen LogP contribution in [0.1, 0.15) is 5.56 Å². The molecule has 0 radical (unpaired) electrons. The van der Waals surface area contributed by atoms with Crippen LogP contribution in [0.2, 0.25) is 5.02 Å². The van der Waals surface area contributed by atoms with E-state index in [9.17, 15) is 0 Å². The molecule has 0 atom stereocenters. The molecule has 3 rings (SSSR count). The van der Waals surface area contributed by atoms with Gasteiger partial charge >= 0.3 is 0 Å². The van der Waals surface area contributed by atoms with E-state index in [1.807, 2.05) is 55.5 Å². The van der Waals surface area contributed by atoms with Crippen LogP contribution in [-0.2, 0) is 0 Å². The molecule has 22 heavy (non-hydrogen) atoms. The summed E-state index contributed by atoms with van der Waals surface area (Å²) in [5.41, 5.74) is 3.38. The molecule has 0 fully saturated rings. The van der Waals surface area contributed by atoms with Gasteiger partial charge in [-0.1, -0.05) is 35.9 Å². The minimum atomic E-state index is 0.144. The fourth-order valence-corrected chi connectivity index (χ4v) is 2.41. The summed E-state index contributed by atoms with van der Waals surface area (Å²) in [6.45, 7) is 1.98. The van der Waals surface area contributed by atoms with E-state index >= 15 is 0 Å². The molecule has 0 aliphatic rings. The van der Waals surface area contributed by atoms with Crippen molar-refractivity contribution in [1.82, 2.24) is 4.98 Å². The molecule has 0 aliphatic heterocycles. The van der Waals surface area contributed by atoms with Crippen molar-refractivity contribution in [1.29, 1.82) is 5.41 Å². The van der Waals surface area contributed by atoms with Crippen molar-refractivity contribution in [3.63, 3.8) is 0 Å². The van der Waals surface area contributed by atoms with Gasteiger partial charge in [0.15, 0.2) is 5.96 Å². The maximum atomic E-state index is 8.10. The number of hydrogen-bond acceptors (Lipinski definition) is 2. The van der Waals surface area contributed by atoms with Crippen LogP contribution in [0.3, 0.4) is 0 Å². The number of hydrogen-bond donors (Lipinski definition) is 3. The van der Waals surface area contributed by atoms with Gasteiger partial charge in [-0.25, -0.2) is 0 Å². The van der Waals surface area contributed by atoms with Gasteiger partial charge in [0.25, 0.3) is 0 Å². The Morgan fingerprint density at radius 2 is 1.82 bits per heavy atom. The average Bonchev–Trinajstić information content (AvgIpc) is 2.51. The Morgan fingerprint density at radius 1 is 1.05 bits per heavy atom. The van der Waals surface area contributed by atoms with Crippen LogP contribution in [-0.4, -0.2) is 10.9 Å². The summed E-state index contributed by atoms with van der Waals surface area (Å²) >= 11 is 6.14. The fourth-order valence-electron chi connectivity index (χ4n) is 2.24. The maximum Gasteiger partial charge on any atom is 0.197 e. The van der Waals surface area contributed by atoms with Crippen molar-refractivity contribution in [3.8, 4) is 0 Å². The molecule has 2 aromatic carbocycles. The highest BCUT2D eigenvalue weighted by atomic mass is 35.5. The van der Waals surface area contributed by atoms with Gasteiger partial charge in [0.2, 0.25) is 0 Å². The molecule has 0 saturated carbocycles. The second kappa shape index (κ2) is 6.03. The molecule has 1 aromatic heterocycles. The summed E-state index contributed by atoms with van der Waals surface area (Å²) in [7, 11) is 0. The lowest BCUT2D eigenvalue weighted by Crippen LogP contribution is -2.21. The van der Waals surface area contributed by atoms with Crippen LogP contribution < -0.4 is 10.6 Å². The number of aromatic nitrogens is 1. The van der Waals surface area contributed by atoms with Crippen molar-refractivity contribution in [2.24, 2.45) is 0 Å². The van der Waals surface area contributed by atoms with Crippen LogP contribution >= 0.6 is 11.6 Å². The van der Waals surface area contributed by atoms with Gasteiger partial charge in [-0.05, 0) is 36.8 Å². The molecule has 4 nitrogen and oxygen atoms in total. The van der Waals surface area contributed by atoms with E-state index in [1.54, 1.807) is 6.20 Å². The maximum absolute atomic E-state index is 8.10. The zero-order chi connectivity index (χ0) is 15.5. The third-order valence-corrected chi connectivity index (χ3v) is 3.60. The number of aryl methyl sites for hydroxylation is 1. The number of nitrogens with one attached hydrogen (secondary N) is 3. The molecule has 0 unspecified atom stereocenters. The van der Waals surface area contributed by atoms with Gasteiger partial charge in [0.05, 0.1) is 21.9 Å². The SMILES string of the molecule is Cc1ccc(Cl)c(NC(=N)Nc2cccc3cccnc23)c1. The quantitative estimate of drug-likeness (QED) is 0.477. The Labute approximate surface area is 133 Å². The summed E-state index contributed by atoms with van der Waals surface area (Å²) < 4.78 is 0. The number of rotatable bonds is 2. The fraction of sp³-hybridized carbons (Fsp3) is 0.0588. The third-order valence-electron chi connectivity index (χ3n) is 3.27. The van der Waals surface area contributed by atoms with Gasteiger partial charge < -0.3 is 10.6 Å². The van der Waals surface area contributed by atoms with Gasteiger partial charge in [-0.3, -0.25) is 10.4 Å². The number of guanidine groups is 1. The van der Waals surface area contributed by atoms with Crippen LogP contribution in [0.5, 0.6) is 0 Å². The van der Waals surface area contributed by atoms with Gasteiger partial charge in [0.1, 0.15) is 0 Å². The number of nitrogens with zero attached hydrogens (tertiary/aromatic N) is 1. The largest absolute Gasteiger partial charge is 0.325 e. The zero-order valence-electron chi connectivity index (χ0n) is 12.0. The zero-order valence-corrected chi connectivity index (χ0v) is 12.8. The van der Waals surface area contributed by atoms with Gasteiger partial charge in [-0.15, -0.1) is 0 Å². The number of benzene rings is 2. The molecular weight excluding hydrogens is 296 g/mol. The van der Waals surface area contributed by atoms with E-state index in [4.69, 9.17) is 17.0 Å². The van der Waals surface area contributed by atoms with Crippen molar-refractivity contribution < 1.29 is 0 Å². The lowest BCUT2D eigenvalue weighted by atomic mass is 10.2. The molecule has 3 N–H and O–H groups in total. The van der Waals surface area contributed by atoms with Crippen LogP contribution in [0.4, 0.5) is 11.4 Å². The van der Waals surface area contributed by atoms with Crippen molar-refractivity contribution >= 4 is 39.8 Å². The number of para-hydroxylation sites is 1. The Hall–Kier alpha value is -2.59. The second-order valence-corrected chi connectivity index (χ2v) is 5.40. The first-order valence-electron chi connectivity index (χ1n) is 6.86. The smallest absolute Gasteiger partial charge is 0.197 e. The predicted octanol–water partition coefficient (Wildman–Crippen LogP) is 4.66. The van der Waals surface area contributed by atoms with Gasteiger partial charge in [-0.2, -0.15) is 0 Å². The van der Waals surface area contributed by atoms with E-state index in [0.717, 1.165) is 22.2 Å². The van der Waals surface area contributed by atoms with Crippen LogP contribution in [0, 0.1) is 12.3 Å². The van der Waals surface area contributed by atoms with Crippen LogP contribution in [0.15, 0.2) is 54.7 Å². The lowest BCUT2D eigenvalue weighted by Gasteiger charge is -2.13. The number of pyridine rings is 1. The monoisotopic (exact) mass is 310 g/mol. The van der Waals surface area contributed by atoms with E-state index in [0.29, 0.717) is 10.7 Å². The summed E-state index contributed by atoms with van der Waals surface area (Å²) in [5.74, 6) is 0.144. The highest BCUT2D eigenvalue weighted by molar-refractivity contribution is 6.33. The van der Waals surface area contributed by atoms with Crippen molar-refractivity contribution in [2.45, 2.75) is 6.92 Å². The average molecular weight is 311 g/mol. The normalized spacial score (nSPS) is 10.5. The van der Waals surface area contributed by atoms with Crippen LogP contribution in [0.25, 0.3) is 10.9 Å². The van der Waals surface area contributed by atoms with Gasteiger partial charge in [0, 0.05) is 11.6 Å². The minimum Gasteiger partial charge on any atom is -0.325 e. The van der Waals surface area contributed by atoms with Crippen molar-refractivity contribution in [3.05, 3.63) is 65.3 Å². The second-order valence-electron chi connectivity index (χ2n) is 4.99. The first-order valence-corrected chi connectivity index (χ1v) is 7.24. The molecule has 0 bridgehead atoms. The molecule has 0 saturated heterocycles. The summed E-state index contributed by atoms with van der Waals surface area (Å²) in [6, 6.07) is 15.3. The summed E-state index contributed by atoms with van der Waals surface area (Å²) in [4.78, 5) is 4.36. The number of fused-ring (bicyclic) bond motifs is 1. The third kappa shape index (κ3) is 3.02. The molecule has 110 valence electrons. The summed E-state index contributed by atoms with van der Waals surface area (Å²) in [6.07, 6.45) is 1.74. The first-order chi connectivity index (χ1) is 10.6. The molecular formula is C17H15ClN4. The minimum absolute atomic E-state index is 0.144. The molecule has 1 heterocycles. The lowest BCUT2D eigenvalue weighted by molar-refractivity contribution is 1.39. The number of halogens is 1. The molecule has 5 heteroatoms. The van der Waals surface area contributed by atoms with Crippen molar-refractivity contribution in [2.75, 3.05) is 10.6 Å². The highest BCUT2D eigenvalue weighted by Gasteiger charge is 2.06. The van der Waals surface area contributed by atoms with E-state index < -0.39 is 0 Å². The Kier molecular flexibility index (Phi) is 3.94. The predicted molar refractivity (Wildman–Crippen MR) is 92.9 cm³/mol. The van der Waals surface area contributed by atoms with E-state index in [-0.39, 0.29) is 5.96 Å². The Morgan fingerprint density at radius 3 is 2.68 bits per heavy atom. The Bertz CT molecular complexity index is 840. The molecule has 0 spiro atoms. The standard InChI is InChI=1S/C17H15ClN4/c1-11-7-8-13(18)15(10-11)22-17(19)21-14-6-2-4-12-5-3-9-20-16(12)14/h2-10H,1H3,(H3,19,21,22). The van der Waals surface area contributed by atoms with E-state index in [2.05, 4.69) is 15.6 Å². The van der Waals surface area contributed by atoms with E-state index in [1.165, 1.54) is 0 Å². The summed E-state index contributed by atoms with van der Waals surface area (Å²) in [5, 5.41) is 15.7.